The summed E-state index contributed by atoms with van der Waals surface area (Å²) in [5.41, 5.74) is -1.12. The number of aliphatic imine (C=N–C) groups is 1. The van der Waals surface area contributed by atoms with Gasteiger partial charge in [0.2, 0.25) is 0 Å². The van der Waals surface area contributed by atoms with Crippen molar-refractivity contribution >= 4 is 5.96 Å². The van der Waals surface area contributed by atoms with Crippen LogP contribution >= 0.6 is 0 Å². The molecule has 1 aliphatic heterocycles. The number of hydrogen-bond acceptors (Lipinski definition) is 5. The van der Waals surface area contributed by atoms with Crippen LogP contribution in [0.15, 0.2) is 21.5 Å². The van der Waals surface area contributed by atoms with Crippen LogP contribution in [-0.2, 0) is 5.60 Å². The lowest BCUT2D eigenvalue weighted by Gasteiger charge is -2.34. The van der Waals surface area contributed by atoms with Crippen molar-refractivity contribution in [2.45, 2.75) is 33.3 Å². The molecule has 1 aromatic heterocycles. The summed E-state index contributed by atoms with van der Waals surface area (Å²) in [5, 5.41) is 17.3. The fraction of sp³-hybridized carbons (Fsp3) is 0.750. The van der Waals surface area contributed by atoms with E-state index in [4.69, 9.17) is 4.42 Å². The number of rotatable bonds is 8. The zero-order valence-electron chi connectivity index (χ0n) is 17.6. The lowest BCUT2D eigenvalue weighted by Crippen LogP contribution is -2.47. The van der Waals surface area contributed by atoms with E-state index in [1.807, 2.05) is 26.0 Å². The van der Waals surface area contributed by atoms with Gasteiger partial charge in [-0.05, 0) is 45.9 Å². The lowest BCUT2D eigenvalue weighted by molar-refractivity contribution is 0.0428. The summed E-state index contributed by atoms with van der Waals surface area (Å²) in [4.78, 5) is 9.47. The molecule has 1 fully saturated rings. The fourth-order valence-electron chi connectivity index (χ4n) is 3.18. The SMILES string of the molecule is CCNC(=NCC(C)(O)c1ccc(C)o1)NCC(C)CN1CCN(C)CC1. The van der Waals surface area contributed by atoms with E-state index in [2.05, 4.69) is 39.4 Å². The topological polar surface area (TPSA) is 76.3 Å². The number of furan rings is 1. The van der Waals surface area contributed by atoms with Gasteiger partial charge in [0.05, 0.1) is 6.54 Å². The summed E-state index contributed by atoms with van der Waals surface area (Å²) in [5.74, 6) is 2.58. The molecule has 3 N–H and O–H groups in total. The first kappa shape index (κ1) is 21.7. The lowest BCUT2D eigenvalue weighted by atomic mass is 10.0. The van der Waals surface area contributed by atoms with Gasteiger partial charge in [0, 0.05) is 45.8 Å². The number of aliphatic hydroxyl groups is 1. The monoisotopic (exact) mass is 379 g/mol. The van der Waals surface area contributed by atoms with Crippen LogP contribution in [0.5, 0.6) is 0 Å². The van der Waals surface area contributed by atoms with Crippen LogP contribution in [-0.4, -0.2) is 80.3 Å². The van der Waals surface area contributed by atoms with Crippen LogP contribution in [0.4, 0.5) is 0 Å². The van der Waals surface area contributed by atoms with E-state index < -0.39 is 5.60 Å². The number of guanidine groups is 1. The molecule has 0 spiro atoms. The second kappa shape index (κ2) is 10.1. The summed E-state index contributed by atoms with van der Waals surface area (Å²) < 4.78 is 5.56. The molecule has 0 radical (unpaired) electrons. The van der Waals surface area contributed by atoms with Gasteiger partial charge in [-0.1, -0.05) is 6.92 Å². The van der Waals surface area contributed by atoms with Gasteiger partial charge in [-0.15, -0.1) is 0 Å². The van der Waals surface area contributed by atoms with E-state index in [0.717, 1.165) is 57.5 Å². The molecule has 2 unspecified atom stereocenters. The minimum Gasteiger partial charge on any atom is -0.463 e. The predicted molar refractivity (Wildman–Crippen MR) is 110 cm³/mol. The summed E-state index contributed by atoms with van der Waals surface area (Å²) in [6.07, 6.45) is 0. The van der Waals surface area contributed by atoms with Crippen molar-refractivity contribution in [2.24, 2.45) is 10.9 Å². The highest BCUT2D eigenvalue weighted by atomic mass is 16.4. The molecule has 2 heterocycles. The number of nitrogens with one attached hydrogen (secondary N) is 2. The maximum Gasteiger partial charge on any atom is 0.191 e. The molecule has 1 aromatic rings. The van der Waals surface area contributed by atoms with Gasteiger partial charge in [-0.25, -0.2) is 4.99 Å². The Morgan fingerprint density at radius 2 is 2.00 bits per heavy atom. The number of hydrogen-bond donors (Lipinski definition) is 3. The fourth-order valence-corrected chi connectivity index (χ4v) is 3.18. The predicted octanol–water partition coefficient (Wildman–Crippen LogP) is 1.23. The quantitative estimate of drug-likeness (QED) is 0.466. The first-order valence-corrected chi connectivity index (χ1v) is 10.0. The Bertz CT molecular complexity index is 591. The number of likely N-dealkylation sites (N-methyl/N-ethyl adjacent to an activating group) is 1. The van der Waals surface area contributed by atoms with Crippen molar-refractivity contribution in [1.82, 2.24) is 20.4 Å². The summed E-state index contributed by atoms with van der Waals surface area (Å²) >= 11 is 0. The number of piperazine rings is 1. The standard InChI is InChI=1S/C20H37N5O2/c1-6-21-19(23-15-20(4,26)18-8-7-17(3)27-18)22-13-16(2)14-25-11-9-24(5)10-12-25/h7-8,16,26H,6,9-15H2,1-5H3,(H2,21,22,23). The van der Waals surface area contributed by atoms with Crippen molar-refractivity contribution in [1.29, 1.82) is 0 Å². The second-order valence-electron chi connectivity index (χ2n) is 7.97. The normalized spacial score (nSPS) is 20.3. The summed E-state index contributed by atoms with van der Waals surface area (Å²) in [6.45, 7) is 15.4. The molecule has 7 nitrogen and oxygen atoms in total. The van der Waals surface area contributed by atoms with Crippen LogP contribution in [0.2, 0.25) is 0 Å². The molecular formula is C20H37N5O2. The molecule has 27 heavy (non-hydrogen) atoms. The first-order valence-electron chi connectivity index (χ1n) is 10.0. The average Bonchev–Trinajstić information content (AvgIpc) is 3.07. The molecule has 154 valence electrons. The summed E-state index contributed by atoms with van der Waals surface area (Å²) in [7, 11) is 2.18. The van der Waals surface area contributed by atoms with Gasteiger partial charge in [0.25, 0.3) is 0 Å². The average molecular weight is 380 g/mol. The Morgan fingerprint density at radius 1 is 1.30 bits per heavy atom. The van der Waals surface area contributed by atoms with Crippen LogP contribution in [0.1, 0.15) is 32.3 Å². The molecule has 0 saturated carbocycles. The van der Waals surface area contributed by atoms with E-state index in [1.54, 1.807) is 6.92 Å². The molecule has 2 atom stereocenters. The zero-order valence-corrected chi connectivity index (χ0v) is 17.6. The molecule has 0 bridgehead atoms. The Hall–Kier alpha value is -1.57. The maximum absolute atomic E-state index is 10.7. The molecule has 1 saturated heterocycles. The summed E-state index contributed by atoms with van der Waals surface area (Å²) in [6, 6.07) is 3.67. The van der Waals surface area contributed by atoms with Crippen LogP contribution in [0.25, 0.3) is 0 Å². The third kappa shape index (κ3) is 7.16. The van der Waals surface area contributed by atoms with Gasteiger partial charge >= 0.3 is 0 Å². The smallest absolute Gasteiger partial charge is 0.191 e. The number of nitrogens with zero attached hydrogens (tertiary/aromatic N) is 3. The van der Waals surface area contributed by atoms with E-state index in [9.17, 15) is 5.11 Å². The van der Waals surface area contributed by atoms with Crippen molar-refractivity contribution in [2.75, 3.05) is 59.4 Å². The van der Waals surface area contributed by atoms with Crippen molar-refractivity contribution in [3.8, 4) is 0 Å². The Morgan fingerprint density at radius 3 is 2.59 bits per heavy atom. The molecular weight excluding hydrogens is 342 g/mol. The van der Waals surface area contributed by atoms with Crippen LogP contribution < -0.4 is 10.6 Å². The minimum absolute atomic E-state index is 0.238. The highest BCUT2D eigenvalue weighted by Crippen LogP contribution is 2.23. The van der Waals surface area contributed by atoms with Gasteiger partial charge in [0.15, 0.2) is 5.96 Å². The second-order valence-corrected chi connectivity index (χ2v) is 7.97. The Kier molecular flexibility index (Phi) is 8.13. The maximum atomic E-state index is 10.7. The van der Waals surface area contributed by atoms with Crippen molar-refractivity contribution in [3.05, 3.63) is 23.7 Å². The van der Waals surface area contributed by atoms with Gasteiger partial charge in [-0.3, -0.25) is 0 Å². The molecule has 1 aliphatic rings. The largest absolute Gasteiger partial charge is 0.463 e. The highest BCUT2D eigenvalue weighted by Gasteiger charge is 2.26. The highest BCUT2D eigenvalue weighted by molar-refractivity contribution is 5.79. The third-order valence-corrected chi connectivity index (χ3v) is 4.94. The Labute approximate surface area is 163 Å². The molecule has 0 aromatic carbocycles. The third-order valence-electron chi connectivity index (χ3n) is 4.94. The molecule has 0 amide bonds. The number of aryl methyl sites for hydroxylation is 1. The molecule has 2 rings (SSSR count). The van der Waals surface area contributed by atoms with Gasteiger partial charge in [-0.2, -0.15) is 0 Å². The van der Waals surface area contributed by atoms with E-state index >= 15 is 0 Å². The van der Waals surface area contributed by atoms with Crippen LogP contribution in [0.3, 0.4) is 0 Å². The first-order chi connectivity index (χ1) is 12.8. The minimum atomic E-state index is -1.12. The van der Waals surface area contributed by atoms with Crippen LogP contribution in [0, 0.1) is 12.8 Å². The molecule has 0 aliphatic carbocycles. The molecule has 7 heteroatoms. The Balaban J connectivity index is 1.83. The zero-order chi connectivity index (χ0) is 19.9. The van der Waals surface area contributed by atoms with Gasteiger partial charge < -0.3 is 30.0 Å². The van der Waals surface area contributed by atoms with Crippen molar-refractivity contribution < 1.29 is 9.52 Å². The van der Waals surface area contributed by atoms with Gasteiger partial charge in [0.1, 0.15) is 17.1 Å². The van der Waals surface area contributed by atoms with Crippen molar-refractivity contribution in [3.63, 3.8) is 0 Å². The van der Waals surface area contributed by atoms with E-state index in [0.29, 0.717) is 11.7 Å². The van der Waals surface area contributed by atoms with E-state index in [-0.39, 0.29) is 6.54 Å². The van der Waals surface area contributed by atoms with E-state index in [1.165, 1.54) is 0 Å².